The molecule has 0 aromatic rings. The molecule has 1 aliphatic rings. The average molecular weight is 228 g/mol. The Hall–Kier alpha value is -0.0800. The number of hydrogen-bond acceptors (Lipinski definition) is 2. The van der Waals surface area contributed by atoms with Crippen LogP contribution in [0, 0.1) is 5.41 Å². The molecule has 0 saturated heterocycles. The summed E-state index contributed by atoms with van der Waals surface area (Å²) in [4.78, 5) is 0. The van der Waals surface area contributed by atoms with Gasteiger partial charge in [-0.2, -0.15) is 0 Å². The molecule has 0 heterocycles. The smallest absolute Gasteiger partial charge is 0.0471 e. The van der Waals surface area contributed by atoms with Gasteiger partial charge in [0, 0.05) is 19.8 Å². The van der Waals surface area contributed by atoms with Gasteiger partial charge < -0.3 is 9.84 Å². The molecule has 0 atom stereocenters. The van der Waals surface area contributed by atoms with Gasteiger partial charge in [0.25, 0.3) is 0 Å². The number of hydrogen-bond donors (Lipinski definition) is 1. The number of ether oxygens (including phenoxy) is 1. The molecular weight excluding hydrogens is 200 g/mol. The third-order valence-electron chi connectivity index (χ3n) is 3.98. The SMILES string of the molecule is CCCCOCCC1(CCO)CCCCC1. The summed E-state index contributed by atoms with van der Waals surface area (Å²) in [5.74, 6) is 0. The van der Waals surface area contributed by atoms with E-state index in [0.717, 1.165) is 26.1 Å². The van der Waals surface area contributed by atoms with Gasteiger partial charge in [0.1, 0.15) is 0 Å². The molecule has 0 bridgehead atoms. The monoisotopic (exact) mass is 228 g/mol. The van der Waals surface area contributed by atoms with Crippen LogP contribution in [0.3, 0.4) is 0 Å². The Balaban J connectivity index is 2.21. The van der Waals surface area contributed by atoms with Crippen LogP contribution < -0.4 is 0 Å². The first-order valence-electron chi connectivity index (χ1n) is 7.01. The predicted octanol–water partition coefficient (Wildman–Crippen LogP) is 3.53. The zero-order valence-electron chi connectivity index (χ0n) is 10.8. The summed E-state index contributed by atoms with van der Waals surface area (Å²) < 4.78 is 5.67. The Morgan fingerprint density at radius 1 is 1.06 bits per heavy atom. The van der Waals surface area contributed by atoms with Crippen LogP contribution in [-0.4, -0.2) is 24.9 Å². The average Bonchev–Trinajstić information content (AvgIpc) is 2.30. The zero-order valence-corrected chi connectivity index (χ0v) is 10.8. The van der Waals surface area contributed by atoms with Gasteiger partial charge in [-0.15, -0.1) is 0 Å². The summed E-state index contributed by atoms with van der Waals surface area (Å²) in [5, 5.41) is 9.18. The molecule has 1 aliphatic carbocycles. The second kappa shape index (κ2) is 8.08. The Morgan fingerprint density at radius 3 is 2.44 bits per heavy atom. The first-order chi connectivity index (χ1) is 7.83. The van der Waals surface area contributed by atoms with E-state index in [1.807, 2.05) is 0 Å². The van der Waals surface area contributed by atoms with E-state index in [1.54, 1.807) is 0 Å². The van der Waals surface area contributed by atoms with Crippen LogP contribution in [-0.2, 0) is 4.74 Å². The van der Waals surface area contributed by atoms with Gasteiger partial charge in [-0.05, 0) is 37.5 Å². The highest BCUT2D eigenvalue weighted by atomic mass is 16.5. The Bertz CT molecular complexity index is 157. The van der Waals surface area contributed by atoms with Crippen molar-refractivity contribution in [3.63, 3.8) is 0 Å². The zero-order chi connectivity index (χ0) is 11.7. The lowest BCUT2D eigenvalue weighted by atomic mass is 9.70. The van der Waals surface area contributed by atoms with Crippen LogP contribution in [0.1, 0.15) is 64.7 Å². The Morgan fingerprint density at radius 2 is 1.81 bits per heavy atom. The first-order valence-corrected chi connectivity index (χ1v) is 7.01. The normalized spacial score (nSPS) is 19.9. The summed E-state index contributed by atoms with van der Waals surface area (Å²) in [6.45, 7) is 4.33. The Kier molecular flexibility index (Phi) is 7.06. The summed E-state index contributed by atoms with van der Waals surface area (Å²) in [5.41, 5.74) is 0.402. The van der Waals surface area contributed by atoms with E-state index in [4.69, 9.17) is 4.74 Å². The van der Waals surface area contributed by atoms with Crippen molar-refractivity contribution in [2.45, 2.75) is 64.7 Å². The minimum atomic E-state index is 0.342. The van der Waals surface area contributed by atoms with Gasteiger partial charge in [-0.25, -0.2) is 0 Å². The maximum Gasteiger partial charge on any atom is 0.0471 e. The van der Waals surface area contributed by atoms with E-state index < -0.39 is 0 Å². The summed E-state index contributed by atoms with van der Waals surface area (Å²) in [6.07, 6.45) is 11.2. The number of aliphatic hydroxyl groups excluding tert-OH is 1. The van der Waals surface area contributed by atoms with E-state index >= 15 is 0 Å². The third kappa shape index (κ3) is 4.84. The molecule has 0 aromatic heterocycles. The molecule has 1 fully saturated rings. The van der Waals surface area contributed by atoms with Crippen LogP contribution in [0.4, 0.5) is 0 Å². The molecule has 1 rings (SSSR count). The lowest BCUT2D eigenvalue weighted by Gasteiger charge is -2.37. The second-order valence-corrected chi connectivity index (χ2v) is 5.25. The molecular formula is C14H28O2. The van der Waals surface area contributed by atoms with Crippen LogP contribution in [0.2, 0.25) is 0 Å². The molecule has 0 aliphatic heterocycles. The fourth-order valence-corrected chi connectivity index (χ4v) is 2.80. The van der Waals surface area contributed by atoms with E-state index in [1.165, 1.54) is 44.9 Å². The van der Waals surface area contributed by atoms with Crippen molar-refractivity contribution in [2.24, 2.45) is 5.41 Å². The molecule has 1 N–H and O–H groups in total. The lowest BCUT2D eigenvalue weighted by Crippen LogP contribution is -2.27. The molecule has 0 radical (unpaired) electrons. The van der Waals surface area contributed by atoms with Crippen molar-refractivity contribution < 1.29 is 9.84 Å². The van der Waals surface area contributed by atoms with Crippen molar-refractivity contribution in [3.05, 3.63) is 0 Å². The highest BCUT2D eigenvalue weighted by molar-refractivity contribution is 4.82. The first kappa shape index (κ1) is 14.0. The van der Waals surface area contributed by atoms with Gasteiger partial charge in [0.2, 0.25) is 0 Å². The summed E-state index contributed by atoms with van der Waals surface area (Å²) >= 11 is 0. The van der Waals surface area contributed by atoms with Gasteiger partial charge in [-0.1, -0.05) is 32.6 Å². The van der Waals surface area contributed by atoms with E-state index in [0.29, 0.717) is 12.0 Å². The van der Waals surface area contributed by atoms with E-state index in [9.17, 15) is 5.11 Å². The third-order valence-corrected chi connectivity index (χ3v) is 3.98. The molecule has 1 saturated carbocycles. The van der Waals surface area contributed by atoms with Crippen LogP contribution in [0.5, 0.6) is 0 Å². The maximum absolute atomic E-state index is 9.18. The highest BCUT2D eigenvalue weighted by Gasteiger charge is 2.30. The second-order valence-electron chi connectivity index (χ2n) is 5.25. The van der Waals surface area contributed by atoms with Gasteiger partial charge in [-0.3, -0.25) is 0 Å². The topological polar surface area (TPSA) is 29.5 Å². The lowest BCUT2D eigenvalue weighted by molar-refractivity contribution is 0.0555. The van der Waals surface area contributed by atoms with E-state index in [-0.39, 0.29) is 0 Å². The molecule has 0 unspecified atom stereocenters. The van der Waals surface area contributed by atoms with Crippen molar-refractivity contribution >= 4 is 0 Å². The molecule has 2 nitrogen and oxygen atoms in total. The van der Waals surface area contributed by atoms with E-state index in [2.05, 4.69) is 6.92 Å². The summed E-state index contributed by atoms with van der Waals surface area (Å²) in [7, 11) is 0. The van der Waals surface area contributed by atoms with Crippen molar-refractivity contribution in [2.75, 3.05) is 19.8 Å². The summed E-state index contributed by atoms with van der Waals surface area (Å²) in [6, 6.07) is 0. The van der Waals surface area contributed by atoms with Gasteiger partial charge in [0.05, 0.1) is 0 Å². The Labute approximate surface area is 100 Å². The molecule has 2 heteroatoms. The molecule has 16 heavy (non-hydrogen) atoms. The van der Waals surface area contributed by atoms with Crippen molar-refractivity contribution in [1.82, 2.24) is 0 Å². The quantitative estimate of drug-likeness (QED) is 0.644. The largest absolute Gasteiger partial charge is 0.396 e. The minimum Gasteiger partial charge on any atom is -0.396 e. The van der Waals surface area contributed by atoms with Crippen molar-refractivity contribution in [1.29, 1.82) is 0 Å². The predicted molar refractivity (Wildman–Crippen MR) is 67.6 cm³/mol. The van der Waals surface area contributed by atoms with Gasteiger partial charge >= 0.3 is 0 Å². The highest BCUT2D eigenvalue weighted by Crippen LogP contribution is 2.41. The van der Waals surface area contributed by atoms with Crippen LogP contribution in [0.15, 0.2) is 0 Å². The minimum absolute atomic E-state index is 0.342. The molecule has 0 spiro atoms. The maximum atomic E-state index is 9.18. The fraction of sp³-hybridized carbons (Fsp3) is 1.00. The van der Waals surface area contributed by atoms with Crippen LogP contribution in [0.25, 0.3) is 0 Å². The number of rotatable bonds is 8. The molecule has 0 aromatic carbocycles. The van der Waals surface area contributed by atoms with Crippen LogP contribution >= 0.6 is 0 Å². The fourth-order valence-electron chi connectivity index (χ4n) is 2.80. The molecule has 96 valence electrons. The van der Waals surface area contributed by atoms with Gasteiger partial charge in [0.15, 0.2) is 0 Å². The molecule has 0 amide bonds. The van der Waals surface area contributed by atoms with Crippen molar-refractivity contribution in [3.8, 4) is 0 Å². The number of aliphatic hydroxyl groups is 1. The standard InChI is InChI=1S/C14H28O2/c1-2-3-12-16-13-10-14(9-11-15)7-5-4-6-8-14/h15H,2-13H2,1H3. The number of unbranched alkanes of at least 4 members (excludes halogenated alkanes) is 1.